The Hall–Kier alpha value is -2.58. The molecule has 0 aromatic heterocycles. The van der Waals surface area contributed by atoms with Crippen LogP contribution >= 0.6 is 11.8 Å². The SMILES string of the molecule is CC(OC(=O)c1ccc2c(c1)SC1=NS(=O)(=O)CCN12)C(=O)NC(C)(C#N)C(C)C. The monoisotopic (exact) mass is 450 g/mol. The minimum absolute atomic E-state index is 0.0646. The predicted molar refractivity (Wildman–Crippen MR) is 113 cm³/mol. The van der Waals surface area contributed by atoms with Gasteiger partial charge in [-0.15, -0.1) is 4.40 Å². The van der Waals surface area contributed by atoms with Crippen LogP contribution in [0.5, 0.6) is 0 Å². The summed E-state index contributed by atoms with van der Waals surface area (Å²) in [6.45, 7) is 6.97. The van der Waals surface area contributed by atoms with Gasteiger partial charge in [-0.2, -0.15) is 5.26 Å². The van der Waals surface area contributed by atoms with E-state index in [4.69, 9.17) is 4.74 Å². The van der Waals surface area contributed by atoms with Crippen LogP contribution in [0.2, 0.25) is 0 Å². The molecule has 1 amide bonds. The fourth-order valence-corrected chi connectivity index (χ4v) is 5.09. The van der Waals surface area contributed by atoms with Crippen LogP contribution in [-0.2, 0) is 19.6 Å². The van der Waals surface area contributed by atoms with Gasteiger partial charge in [0.25, 0.3) is 15.9 Å². The van der Waals surface area contributed by atoms with Crippen molar-refractivity contribution < 1.29 is 22.7 Å². The molecule has 30 heavy (non-hydrogen) atoms. The molecule has 11 heteroatoms. The maximum absolute atomic E-state index is 12.5. The van der Waals surface area contributed by atoms with Crippen molar-refractivity contribution in [2.75, 3.05) is 17.2 Å². The fourth-order valence-electron chi connectivity index (χ4n) is 2.80. The Morgan fingerprint density at radius 2 is 2.07 bits per heavy atom. The minimum Gasteiger partial charge on any atom is -0.449 e. The second kappa shape index (κ2) is 7.92. The third-order valence-corrected chi connectivity index (χ3v) is 7.44. The number of nitriles is 1. The minimum atomic E-state index is -3.46. The highest BCUT2D eigenvalue weighted by molar-refractivity contribution is 8.15. The molecule has 0 spiro atoms. The number of benzene rings is 1. The van der Waals surface area contributed by atoms with E-state index in [0.717, 1.165) is 5.69 Å². The van der Waals surface area contributed by atoms with Gasteiger partial charge in [0.05, 0.1) is 23.1 Å². The number of rotatable bonds is 5. The van der Waals surface area contributed by atoms with Gasteiger partial charge in [0.1, 0.15) is 5.54 Å². The number of thioether (sulfide) groups is 1. The molecule has 1 aromatic rings. The van der Waals surface area contributed by atoms with Gasteiger partial charge in [-0.1, -0.05) is 13.8 Å². The van der Waals surface area contributed by atoms with Crippen molar-refractivity contribution in [3.63, 3.8) is 0 Å². The van der Waals surface area contributed by atoms with Gasteiger partial charge >= 0.3 is 5.97 Å². The van der Waals surface area contributed by atoms with E-state index in [1.165, 1.54) is 18.7 Å². The fraction of sp³-hybridized carbons (Fsp3) is 0.474. The van der Waals surface area contributed by atoms with E-state index < -0.39 is 33.5 Å². The van der Waals surface area contributed by atoms with Gasteiger partial charge in [0, 0.05) is 11.4 Å². The van der Waals surface area contributed by atoms with E-state index in [9.17, 15) is 23.3 Å². The summed E-state index contributed by atoms with van der Waals surface area (Å²) in [6.07, 6.45) is -1.09. The molecular weight excluding hydrogens is 428 g/mol. The van der Waals surface area contributed by atoms with Crippen LogP contribution in [-0.4, -0.2) is 49.4 Å². The first-order valence-corrected chi connectivity index (χ1v) is 11.7. The Balaban J connectivity index is 1.71. The van der Waals surface area contributed by atoms with Crippen LogP contribution in [0.1, 0.15) is 38.1 Å². The van der Waals surface area contributed by atoms with Crippen LogP contribution in [0.4, 0.5) is 5.69 Å². The molecule has 9 nitrogen and oxygen atoms in total. The van der Waals surface area contributed by atoms with E-state index in [1.54, 1.807) is 30.0 Å². The highest BCUT2D eigenvalue weighted by Gasteiger charge is 2.35. The molecular formula is C19H22N4O5S2. The Labute approximate surface area is 179 Å². The first-order valence-electron chi connectivity index (χ1n) is 9.32. The lowest BCUT2D eigenvalue weighted by molar-refractivity contribution is -0.130. The molecule has 160 valence electrons. The molecule has 2 atom stereocenters. The van der Waals surface area contributed by atoms with E-state index in [2.05, 4.69) is 15.8 Å². The summed E-state index contributed by atoms with van der Waals surface area (Å²) >= 11 is 1.17. The number of nitrogens with one attached hydrogen (secondary N) is 1. The first kappa shape index (κ1) is 22.1. The third-order valence-electron chi connectivity index (χ3n) is 5.13. The summed E-state index contributed by atoms with van der Waals surface area (Å²) in [4.78, 5) is 27.4. The second-order valence-electron chi connectivity index (χ2n) is 7.60. The molecule has 3 rings (SSSR count). The Kier molecular flexibility index (Phi) is 5.84. The van der Waals surface area contributed by atoms with Crippen LogP contribution < -0.4 is 10.2 Å². The number of anilines is 1. The van der Waals surface area contributed by atoms with Crippen molar-refractivity contribution >= 4 is 44.5 Å². The van der Waals surface area contributed by atoms with Crippen molar-refractivity contribution in [1.82, 2.24) is 5.32 Å². The summed E-state index contributed by atoms with van der Waals surface area (Å²) in [5.74, 6) is -1.45. The predicted octanol–water partition coefficient (Wildman–Crippen LogP) is 1.90. The number of amidine groups is 1. The molecule has 1 aromatic carbocycles. The molecule has 1 N–H and O–H groups in total. The molecule has 2 aliphatic rings. The smallest absolute Gasteiger partial charge is 0.338 e. The maximum Gasteiger partial charge on any atom is 0.338 e. The summed E-state index contributed by atoms with van der Waals surface area (Å²) in [5, 5.41) is 12.3. The number of ether oxygens (including phenoxy) is 1. The normalized spacial score (nSPS) is 19.6. The van der Waals surface area contributed by atoms with Crippen LogP contribution in [0.25, 0.3) is 0 Å². The quantitative estimate of drug-likeness (QED) is 0.674. The van der Waals surface area contributed by atoms with Gasteiger partial charge in [0.15, 0.2) is 11.3 Å². The van der Waals surface area contributed by atoms with Crippen LogP contribution in [0.15, 0.2) is 27.5 Å². The molecule has 0 aliphatic carbocycles. The maximum atomic E-state index is 12.5. The molecule has 0 saturated heterocycles. The highest BCUT2D eigenvalue weighted by atomic mass is 32.2. The van der Waals surface area contributed by atoms with Crippen molar-refractivity contribution in [1.29, 1.82) is 5.26 Å². The van der Waals surface area contributed by atoms with Gasteiger partial charge in [-0.25, -0.2) is 13.2 Å². The van der Waals surface area contributed by atoms with E-state index in [-0.39, 0.29) is 17.2 Å². The molecule has 2 heterocycles. The number of fused-ring (bicyclic) bond motifs is 3. The average Bonchev–Trinajstić information content (AvgIpc) is 3.02. The van der Waals surface area contributed by atoms with E-state index >= 15 is 0 Å². The van der Waals surface area contributed by atoms with Gasteiger partial charge in [-0.3, -0.25) is 4.79 Å². The van der Waals surface area contributed by atoms with Gasteiger partial charge < -0.3 is 15.0 Å². The molecule has 0 fully saturated rings. The largest absolute Gasteiger partial charge is 0.449 e. The Bertz CT molecular complexity index is 1080. The summed E-state index contributed by atoms with van der Waals surface area (Å²) < 4.78 is 32.5. The van der Waals surface area contributed by atoms with E-state index in [0.29, 0.717) is 16.6 Å². The number of hydrogen-bond acceptors (Lipinski definition) is 8. The topological polar surface area (TPSA) is 129 Å². The van der Waals surface area contributed by atoms with Crippen molar-refractivity contribution in [2.45, 2.75) is 44.2 Å². The van der Waals surface area contributed by atoms with Crippen molar-refractivity contribution in [2.24, 2.45) is 10.3 Å². The molecule has 2 unspecified atom stereocenters. The number of esters is 1. The van der Waals surface area contributed by atoms with Crippen LogP contribution in [0, 0.1) is 17.2 Å². The number of hydrogen-bond donors (Lipinski definition) is 1. The number of amides is 1. The lowest BCUT2D eigenvalue weighted by atomic mass is 9.90. The zero-order chi connectivity index (χ0) is 22.3. The highest BCUT2D eigenvalue weighted by Crippen LogP contribution is 2.42. The van der Waals surface area contributed by atoms with Crippen molar-refractivity contribution in [3.05, 3.63) is 23.8 Å². The number of carbonyl (C=O) groups is 2. The number of carbonyl (C=O) groups excluding carboxylic acids is 2. The lowest BCUT2D eigenvalue weighted by Gasteiger charge is -2.28. The molecule has 0 bridgehead atoms. The zero-order valence-electron chi connectivity index (χ0n) is 17.0. The molecule has 0 saturated carbocycles. The molecule has 0 radical (unpaired) electrons. The lowest BCUT2D eigenvalue weighted by Crippen LogP contribution is -2.52. The number of nitrogens with zero attached hydrogens (tertiary/aromatic N) is 3. The summed E-state index contributed by atoms with van der Waals surface area (Å²) in [5.41, 5.74) is -0.0675. The summed E-state index contributed by atoms with van der Waals surface area (Å²) in [6, 6.07) is 6.93. The standard InChI is InChI=1S/C19H22N4O5S2/c1-11(2)19(4,10-20)21-16(24)12(3)28-17(25)13-5-6-14-15(9-13)29-18-22-30(26,27)8-7-23(14)18/h5-6,9,11-12H,7-8H2,1-4H3,(H,21,24). The third kappa shape index (κ3) is 4.29. The van der Waals surface area contributed by atoms with Gasteiger partial charge in [0.2, 0.25) is 0 Å². The molecule has 2 aliphatic heterocycles. The van der Waals surface area contributed by atoms with E-state index in [1.807, 2.05) is 13.8 Å². The second-order valence-corrected chi connectivity index (χ2v) is 10.4. The Morgan fingerprint density at radius 3 is 2.70 bits per heavy atom. The van der Waals surface area contributed by atoms with Crippen molar-refractivity contribution in [3.8, 4) is 6.07 Å². The van der Waals surface area contributed by atoms with Gasteiger partial charge in [-0.05, 0) is 49.7 Å². The van der Waals surface area contributed by atoms with Crippen LogP contribution in [0.3, 0.4) is 0 Å². The zero-order valence-corrected chi connectivity index (χ0v) is 18.6. The first-order chi connectivity index (χ1) is 14.0. The summed E-state index contributed by atoms with van der Waals surface area (Å²) in [7, 11) is -3.46. The average molecular weight is 451 g/mol. The Morgan fingerprint density at radius 1 is 1.37 bits per heavy atom. The number of sulfonamides is 1.